The number of aliphatic hydroxyl groups excluding tert-OH is 2. The minimum Gasteiger partial charge on any atom is -0.389 e. The average molecular weight is 223 g/mol. The van der Waals surface area contributed by atoms with E-state index in [0.29, 0.717) is 5.56 Å². The fourth-order valence-corrected chi connectivity index (χ4v) is 2.34. The molecule has 0 fully saturated rings. The van der Waals surface area contributed by atoms with Gasteiger partial charge in [-0.3, -0.25) is 0 Å². The van der Waals surface area contributed by atoms with Crippen LogP contribution in [-0.4, -0.2) is 22.9 Å². The SMILES string of the molecule is NCC(O)C(O)c1ccc2ccsc2c1. The third-order valence-corrected chi connectivity index (χ3v) is 3.31. The van der Waals surface area contributed by atoms with Crippen LogP contribution in [0.3, 0.4) is 0 Å². The summed E-state index contributed by atoms with van der Waals surface area (Å²) in [5.74, 6) is 0. The second kappa shape index (κ2) is 4.28. The molecule has 0 bridgehead atoms. The van der Waals surface area contributed by atoms with E-state index in [0.717, 1.165) is 10.1 Å². The second-order valence-corrected chi connectivity index (χ2v) is 4.41. The largest absolute Gasteiger partial charge is 0.389 e. The van der Waals surface area contributed by atoms with Gasteiger partial charge < -0.3 is 15.9 Å². The Hall–Kier alpha value is -0.940. The van der Waals surface area contributed by atoms with Crippen molar-refractivity contribution >= 4 is 21.4 Å². The summed E-state index contributed by atoms with van der Waals surface area (Å²) < 4.78 is 1.11. The van der Waals surface area contributed by atoms with Gasteiger partial charge in [-0.2, -0.15) is 0 Å². The van der Waals surface area contributed by atoms with Gasteiger partial charge in [0.15, 0.2) is 0 Å². The number of hydrogen-bond acceptors (Lipinski definition) is 4. The van der Waals surface area contributed by atoms with Crippen LogP contribution in [0.2, 0.25) is 0 Å². The van der Waals surface area contributed by atoms with Crippen LogP contribution in [0.1, 0.15) is 11.7 Å². The van der Waals surface area contributed by atoms with E-state index in [2.05, 4.69) is 0 Å². The molecule has 0 aliphatic heterocycles. The summed E-state index contributed by atoms with van der Waals surface area (Å²) in [5, 5.41) is 22.3. The minimum atomic E-state index is -0.901. The molecule has 0 saturated heterocycles. The lowest BCUT2D eigenvalue weighted by Crippen LogP contribution is -2.27. The molecular weight excluding hydrogens is 210 g/mol. The Bertz CT molecular complexity index is 455. The van der Waals surface area contributed by atoms with Crippen molar-refractivity contribution < 1.29 is 10.2 Å². The molecule has 15 heavy (non-hydrogen) atoms. The first-order valence-corrected chi connectivity index (χ1v) is 5.63. The molecule has 2 aromatic rings. The van der Waals surface area contributed by atoms with Crippen LogP contribution in [-0.2, 0) is 0 Å². The van der Waals surface area contributed by atoms with E-state index in [1.165, 1.54) is 0 Å². The topological polar surface area (TPSA) is 66.5 Å². The first-order chi connectivity index (χ1) is 7.22. The molecule has 0 amide bonds. The molecular formula is C11H13NO2S. The van der Waals surface area contributed by atoms with Gasteiger partial charge in [-0.05, 0) is 28.5 Å². The lowest BCUT2D eigenvalue weighted by atomic mass is 10.0. The summed E-state index contributed by atoms with van der Waals surface area (Å²) in [5.41, 5.74) is 6.01. The predicted molar refractivity (Wildman–Crippen MR) is 61.8 cm³/mol. The number of hydrogen-bond donors (Lipinski definition) is 3. The molecule has 2 unspecified atom stereocenters. The highest BCUT2D eigenvalue weighted by molar-refractivity contribution is 7.17. The second-order valence-electron chi connectivity index (χ2n) is 3.47. The van der Waals surface area contributed by atoms with E-state index in [1.807, 2.05) is 29.6 Å². The highest BCUT2D eigenvalue weighted by atomic mass is 32.1. The van der Waals surface area contributed by atoms with Crippen LogP contribution in [0.25, 0.3) is 10.1 Å². The molecule has 4 heteroatoms. The van der Waals surface area contributed by atoms with Gasteiger partial charge >= 0.3 is 0 Å². The Morgan fingerprint density at radius 2 is 2.07 bits per heavy atom. The van der Waals surface area contributed by atoms with Crippen molar-refractivity contribution in [2.75, 3.05) is 6.54 Å². The maximum absolute atomic E-state index is 9.76. The zero-order chi connectivity index (χ0) is 10.8. The normalized spacial score (nSPS) is 15.4. The molecule has 1 aromatic carbocycles. The monoisotopic (exact) mass is 223 g/mol. The maximum Gasteiger partial charge on any atom is 0.106 e. The van der Waals surface area contributed by atoms with Crippen LogP contribution < -0.4 is 5.73 Å². The highest BCUT2D eigenvalue weighted by Gasteiger charge is 2.16. The smallest absolute Gasteiger partial charge is 0.106 e. The Labute approximate surface area is 91.8 Å². The molecule has 80 valence electrons. The Balaban J connectivity index is 2.35. The van der Waals surface area contributed by atoms with Gasteiger partial charge in [0.25, 0.3) is 0 Å². The molecule has 2 rings (SSSR count). The molecule has 0 radical (unpaired) electrons. The number of thiophene rings is 1. The Kier molecular flexibility index (Phi) is 3.02. The summed E-state index contributed by atoms with van der Waals surface area (Å²) in [7, 11) is 0. The summed E-state index contributed by atoms with van der Waals surface area (Å²) in [6.07, 6.45) is -1.80. The minimum absolute atomic E-state index is 0.0592. The third kappa shape index (κ3) is 2.03. The van der Waals surface area contributed by atoms with Crippen LogP contribution in [0.4, 0.5) is 0 Å². The Morgan fingerprint density at radius 3 is 2.80 bits per heavy atom. The third-order valence-electron chi connectivity index (χ3n) is 2.43. The van der Waals surface area contributed by atoms with Gasteiger partial charge in [0.05, 0.1) is 6.10 Å². The van der Waals surface area contributed by atoms with Crippen molar-refractivity contribution in [3.8, 4) is 0 Å². The molecule has 0 aliphatic carbocycles. The van der Waals surface area contributed by atoms with Crippen molar-refractivity contribution in [1.82, 2.24) is 0 Å². The van der Waals surface area contributed by atoms with E-state index in [1.54, 1.807) is 11.3 Å². The molecule has 0 spiro atoms. The predicted octanol–water partition coefficient (Wildman–Crippen LogP) is 1.25. The van der Waals surface area contributed by atoms with Gasteiger partial charge in [-0.15, -0.1) is 11.3 Å². The zero-order valence-corrected chi connectivity index (χ0v) is 8.95. The molecule has 1 aromatic heterocycles. The summed E-state index contributed by atoms with van der Waals surface area (Å²) in [4.78, 5) is 0. The summed E-state index contributed by atoms with van der Waals surface area (Å²) in [6.45, 7) is 0.0592. The van der Waals surface area contributed by atoms with Crippen molar-refractivity contribution in [3.63, 3.8) is 0 Å². The molecule has 0 saturated carbocycles. The van der Waals surface area contributed by atoms with Gasteiger partial charge in [-0.1, -0.05) is 12.1 Å². The maximum atomic E-state index is 9.76. The Morgan fingerprint density at radius 1 is 1.27 bits per heavy atom. The zero-order valence-electron chi connectivity index (χ0n) is 8.13. The van der Waals surface area contributed by atoms with E-state index in [9.17, 15) is 10.2 Å². The number of fused-ring (bicyclic) bond motifs is 1. The first-order valence-electron chi connectivity index (χ1n) is 4.75. The summed E-state index contributed by atoms with van der Waals surface area (Å²) >= 11 is 1.61. The number of benzene rings is 1. The van der Waals surface area contributed by atoms with Crippen molar-refractivity contribution in [2.24, 2.45) is 5.73 Å². The lowest BCUT2D eigenvalue weighted by molar-refractivity contribution is 0.0244. The molecule has 1 heterocycles. The first kappa shape index (κ1) is 10.6. The van der Waals surface area contributed by atoms with Crippen molar-refractivity contribution in [3.05, 3.63) is 35.2 Å². The van der Waals surface area contributed by atoms with Crippen LogP contribution >= 0.6 is 11.3 Å². The molecule has 2 atom stereocenters. The van der Waals surface area contributed by atoms with Crippen molar-refractivity contribution in [2.45, 2.75) is 12.2 Å². The van der Waals surface area contributed by atoms with Gasteiger partial charge in [0.1, 0.15) is 6.10 Å². The van der Waals surface area contributed by atoms with Crippen molar-refractivity contribution in [1.29, 1.82) is 0 Å². The van der Waals surface area contributed by atoms with Crippen LogP contribution in [0.15, 0.2) is 29.6 Å². The van der Waals surface area contributed by atoms with Crippen LogP contribution in [0, 0.1) is 0 Å². The van der Waals surface area contributed by atoms with E-state index in [4.69, 9.17) is 5.73 Å². The van der Waals surface area contributed by atoms with E-state index < -0.39 is 12.2 Å². The number of rotatable bonds is 3. The van der Waals surface area contributed by atoms with Crippen LogP contribution in [0.5, 0.6) is 0 Å². The lowest BCUT2D eigenvalue weighted by Gasteiger charge is -2.16. The standard InChI is InChI=1S/C11H13NO2S/c12-6-9(13)11(14)8-2-1-7-3-4-15-10(7)5-8/h1-5,9,11,13-14H,6,12H2. The fourth-order valence-electron chi connectivity index (χ4n) is 1.51. The van der Waals surface area contributed by atoms with Gasteiger partial charge in [-0.25, -0.2) is 0 Å². The average Bonchev–Trinajstić information content (AvgIpc) is 2.73. The molecule has 4 N–H and O–H groups in total. The van der Waals surface area contributed by atoms with E-state index >= 15 is 0 Å². The van der Waals surface area contributed by atoms with Gasteiger partial charge in [0, 0.05) is 11.2 Å². The number of aliphatic hydroxyl groups is 2. The molecule has 0 aliphatic rings. The highest BCUT2D eigenvalue weighted by Crippen LogP contribution is 2.25. The quantitative estimate of drug-likeness (QED) is 0.733. The fraction of sp³-hybridized carbons (Fsp3) is 0.273. The number of nitrogens with two attached hydrogens (primary N) is 1. The van der Waals surface area contributed by atoms with E-state index in [-0.39, 0.29) is 6.54 Å². The van der Waals surface area contributed by atoms with Gasteiger partial charge in [0.2, 0.25) is 0 Å². The summed E-state index contributed by atoms with van der Waals surface area (Å²) in [6, 6.07) is 7.67. The molecule has 3 nitrogen and oxygen atoms in total.